The van der Waals surface area contributed by atoms with Gasteiger partial charge in [-0.1, -0.05) is 45.7 Å². The summed E-state index contributed by atoms with van der Waals surface area (Å²) in [6.07, 6.45) is 3.66. The first-order valence-corrected chi connectivity index (χ1v) is 6.44. The molecule has 0 saturated heterocycles. The standard InChI is InChI=1S/C13H20O.C2H6/c1-4-5-6-9-14-13-10-11(2)7-8-12(13)3;1-2/h7-8,10H,4-6,9H2,1-3H3;1-2H3. The van der Waals surface area contributed by atoms with E-state index in [1.165, 1.54) is 24.0 Å². The summed E-state index contributed by atoms with van der Waals surface area (Å²) < 4.78 is 5.72. The predicted octanol–water partition coefficient (Wildman–Crippen LogP) is 4.90. The molecular weight excluding hydrogens is 196 g/mol. The summed E-state index contributed by atoms with van der Waals surface area (Å²) in [5.41, 5.74) is 2.49. The van der Waals surface area contributed by atoms with Gasteiger partial charge in [0.1, 0.15) is 5.75 Å². The van der Waals surface area contributed by atoms with E-state index in [1.54, 1.807) is 0 Å². The molecule has 1 aromatic rings. The predicted molar refractivity (Wildman–Crippen MR) is 72.3 cm³/mol. The van der Waals surface area contributed by atoms with E-state index in [2.05, 4.69) is 39.0 Å². The van der Waals surface area contributed by atoms with E-state index in [1.807, 2.05) is 13.8 Å². The number of benzene rings is 1. The summed E-state index contributed by atoms with van der Waals surface area (Å²) in [6, 6.07) is 6.35. The topological polar surface area (TPSA) is 9.23 Å². The molecule has 0 fully saturated rings. The average molecular weight is 222 g/mol. The highest BCUT2D eigenvalue weighted by Gasteiger charge is 1.98. The molecule has 0 radical (unpaired) electrons. The van der Waals surface area contributed by atoms with Crippen LogP contribution in [-0.2, 0) is 0 Å². The SMILES string of the molecule is CC.CCCCCOc1cc(C)ccc1C. The number of ether oxygens (including phenoxy) is 1. The number of rotatable bonds is 5. The lowest BCUT2D eigenvalue weighted by molar-refractivity contribution is 0.304. The minimum atomic E-state index is 0.845. The summed E-state index contributed by atoms with van der Waals surface area (Å²) in [5.74, 6) is 1.04. The number of hydrogen-bond acceptors (Lipinski definition) is 1. The van der Waals surface area contributed by atoms with Crippen molar-refractivity contribution in [3.05, 3.63) is 29.3 Å². The van der Waals surface area contributed by atoms with Gasteiger partial charge in [-0.05, 0) is 37.5 Å². The maximum Gasteiger partial charge on any atom is 0.122 e. The third-order valence-electron chi connectivity index (χ3n) is 2.35. The normalized spacial score (nSPS) is 9.31. The summed E-state index contributed by atoms with van der Waals surface area (Å²) in [4.78, 5) is 0. The van der Waals surface area contributed by atoms with E-state index in [0.717, 1.165) is 18.8 Å². The Labute approximate surface area is 101 Å². The van der Waals surface area contributed by atoms with Gasteiger partial charge in [-0.15, -0.1) is 0 Å². The Bertz CT molecular complexity index is 279. The quantitative estimate of drug-likeness (QED) is 0.644. The number of hydrogen-bond donors (Lipinski definition) is 0. The largest absolute Gasteiger partial charge is 0.493 e. The van der Waals surface area contributed by atoms with Crippen molar-refractivity contribution >= 4 is 0 Å². The van der Waals surface area contributed by atoms with Gasteiger partial charge in [-0.2, -0.15) is 0 Å². The van der Waals surface area contributed by atoms with Crippen LogP contribution in [0.15, 0.2) is 18.2 Å². The van der Waals surface area contributed by atoms with Gasteiger partial charge in [-0.25, -0.2) is 0 Å². The van der Waals surface area contributed by atoms with Crippen LogP contribution in [0, 0.1) is 13.8 Å². The molecule has 1 heteroatoms. The van der Waals surface area contributed by atoms with Crippen LogP contribution in [0.3, 0.4) is 0 Å². The van der Waals surface area contributed by atoms with Crippen LogP contribution in [0.4, 0.5) is 0 Å². The van der Waals surface area contributed by atoms with Gasteiger partial charge < -0.3 is 4.74 Å². The van der Waals surface area contributed by atoms with Crippen molar-refractivity contribution in [1.29, 1.82) is 0 Å². The van der Waals surface area contributed by atoms with E-state index in [0.29, 0.717) is 0 Å². The Balaban J connectivity index is 0.00000106. The van der Waals surface area contributed by atoms with Crippen molar-refractivity contribution in [2.45, 2.75) is 53.9 Å². The van der Waals surface area contributed by atoms with E-state index in [4.69, 9.17) is 4.74 Å². The molecule has 0 aliphatic heterocycles. The monoisotopic (exact) mass is 222 g/mol. The first-order valence-electron chi connectivity index (χ1n) is 6.44. The maximum atomic E-state index is 5.72. The fourth-order valence-electron chi connectivity index (χ4n) is 1.40. The second-order valence-electron chi connectivity index (χ2n) is 3.82. The first-order chi connectivity index (χ1) is 7.74. The van der Waals surface area contributed by atoms with E-state index < -0.39 is 0 Å². The lowest BCUT2D eigenvalue weighted by atomic mass is 10.1. The Morgan fingerprint density at radius 2 is 1.75 bits per heavy atom. The Morgan fingerprint density at radius 1 is 1.06 bits per heavy atom. The van der Waals surface area contributed by atoms with Gasteiger partial charge in [0.15, 0.2) is 0 Å². The summed E-state index contributed by atoms with van der Waals surface area (Å²) >= 11 is 0. The molecule has 0 heterocycles. The van der Waals surface area contributed by atoms with Gasteiger partial charge in [0, 0.05) is 0 Å². The van der Waals surface area contributed by atoms with Crippen molar-refractivity contribution in [2.75, 3.05) is 6.61 Å². The molecule has 0 unspecified atom stereocenters. The van der Waals surface area contributed by atoms with Crippen LogP contribution in [0.25, 0.3) is 0 Å². The molecule has 92 valence electrons. The van der Waals surface area contributed by atoms with Gasteiger partial charge in [-0.3, -0.25) is 0 Å². The Kier molecular flexibility index (Phi) is 8.69. The molecule has 0 aliphatic rings. The molecular formula is C15H26O. The van der Waals surface area contributed by atoms with E-state index in [9.17, 15) is 0 Å². The molecule has 0 aliphatic carbocycles. The zero-order chi connectivity index (χ0) is 12.4. The molecule has 0 atom stereocenters. The highest BCUT2D eigenvalue weighted by atomic mass is 16.5. The average Bonchev–Trinajstić information content (AvgIpc) is 2.31. The molecule has 1 nitrogen and oxygen atoms in total. The van der Waals surface area contributed by atoms with Crippen LogP contribution in [0.5, 0.6) is 5.75 Å². The third-order valence-corrected chi connectivity index (χ3v) is 2.35. The Morgan fingerprint density at radius 3 is 2.38 bits per heavy atom. The molecule has 1 aromatic carbocycles. The molecule has 0 bridgehead atoms. The molecule has 0 aromatic heterocycles. The highest BCUT2D eigenvalue weighted by Crippen LogP contribution is 2.19. The van der Waals surface area contributed by atoms with Crippen LogP contribution in [0.2, 0.25) is 0 Å². The molecule has 1 rings (SSSR count). The van der Waals surface area contributed by atoms with Gasteiger partial charge >= 0.3 is 0 Å². The van der Waals surface area contributed by atoms with E-state index >= 15 is 0 Å². The number of unbranched alkanes of at least 4 members (excludes halogenated alkanes) is 2. The van der Waals surface area contributed by atoms with Crippen molar-refractivity contribution < 1.29 is 4.74 Å². The number of aryl methyl sites for hydroxylation is 2. The van der Waals surface area contributed by atoms with E-state index in [-0.39, 0.29) is 0 Å². The second kappa shape index (κ2) is 9.26. The van der Waals surface area contributed by atoms with Crippen molar-refractivity contribution in [3.63, 3.8) is 0 Å². The molecule has 0 saturated carbocycles. The second-order valence-corrected chi connectivity index (χ2v) is 3.82. The van der Waals surface area contributed by atoms with Crippen molar-refractivity contribution in [1.82, 2.24) is 0 Å². The molecule has 0 N–H and O–H groups in total. The van der Waals surface area contributed by atoms with Crippen LogP contribution in [0.1, 0.15) is 51.2 Å². The Hall–Kier alpha value is -0.980. The summed E-state index contributed by atoms with van der Waals surface area (Å²) in [6.45, 7) is 11.2. The first kappa shape index (κ1) is 15.0. The van der Waals surface area contributed by atoms with Crippen molar-refractivity contribution in [3.8, 4) is 5.75 Å². The van der Waals surface area contributed by atoms with Crippen LogP contribution in [-0.4, -0.2) is 6.61 Å². The molecule has 0 amide bonds. The lowest BCUT2D eigenvalue weighted by Crippen LogP contribution is -1.98. The minimum absolute atomic E-state index is 0.845. The van der Waals surface area contributed by atoms with Gasteiger partial charge in [0.25, 0.3) is 0 Å². The fraction of sp³-hybridized carbons (Fsp3) is 0.600. The highest BCUT2D eigenvalue weighted by molar-refractivity contribution is 5.35. The molecule has 16 heavy (non-hydrogen) atoms. The van der Waals surface area contributed by atoms with Gasteiger partial charge in [0.05, 0.1) is 6.61 Å². The maximum absolute atomic E-state index is 5.72. The fourth-order valence-corrected chi connectivity index (χ4v) is 1.40. The third kappa shape index (κ3) is 5.79. The van der Waals surface area contributed by atoms with Crippen LogP contribution >= 0.6 is 0 Å². The zero-order valence-corrected chi connectivity index (χ0v) is 11.5. The van der Waals surface area contributed by atoms with Crippen molar-refractivity contribution in [2.24, 2.45) is 0 Å². The van der Waals surface area contributed by atoms with Gasteiger partial charge in [0.2, 0.25) is 0 Å². The molecule has 0 spiro atoms. The van der Waals surface area contributed by atoms with Crippen LogP contribution < -0.4 is 4.74 Å². The smallest absolute Gasteiger partial charge is 0.122 e. The lowest BCUT2D eigenvalue weighted by Gasteiger charge is -2.09. The summed E-state index contributed by atoms with van der Waals surface area (Å²) in [5, 5.41) is 0. The zero-order valence-electron chi connectivity index (χ0n) is 11.5. The summed E-state index contributed by atoms with van der Waals surface area (Å²) in [7, 11) is 0. The minimum Gasteiger partial charge on any atom is -0.493 e.